The molecule has 1 aliphatic heterocycles. The molecule has 0 unspecified atom stereocenters. The zero-order valence-corrected chi connectivity index (χ0v) is 10.8. The monoisotopic (exact) mass is 244 g/mol. The SMILES string of the molecule is COCOC[C@@H]1C=C(C)[C@@H]([C@H](C)C(=O)OC)O1. The first kappa shape index (κ1) is 14.2. The van der Waals surface area contributed by atoms with Gasteiger partial charge in [0.25, 0.3) is 0 Å². The number of ether oxygens (including phenoxy) is 4. The summed E-state index contributed by atoms with van der Waals surface area (Å²) >= 11 is 0. The van der Waals surface area contributed by atoms with Gasteiger partial charge in [0.1, 0.15) is 12.9 Å². The molecule has 0 bridgehead atoms. The molecule has 98 valence electrons. The highest BCUT2D eigenvalue weighted by molar-refractivity contribution is 5.73. The van der Waals surface area contributed by atoms with Crippen molar-refractivity contribution in [3.05, 3.63) is 11.6 Å². The van der Waals surface area contributed by atoms with E-state index in [0.29, 0.717) is 6.61 Å². The van der Waals surface area contributed by atoms with Gasteiger partial charge in [-0.05, 0) is 19.4 Å². The Morgan fingerprint density at radius 3 is 2.82 bits per heavy atom. The van der Waals surface area contributed by atoms with Gasteiger partial charge >= 0.3 is 5.97 Å². The Morgan fingerprint density at radius 1 is 1.53 bits per heavy atom. The second-order valence-electron chi connectivity index (χ2n) is 4.09. The molecule has 1 heterocycles. The van der Waals surface area contributed by atoms with Gasteiger partial charge in [-0.3, -0.25) is 4.79 Å². The Bertz CT molecular complexity index is 287. The first-order valence-electron chi connectivity index (χ1n) is 5.58. The van der Waals surface area contributed by atoms with Crippen LogP contribution in [0.5, 0.6) is 0 Å². The van der Waals surface area contributed by atoms with E-state index in [1.54, 1.807) is 14.0 Å². The highest BCUT2D eigenvalue weighted by Crippen LogP contribution is 2.26. The molecule has 1 aliphatic rings. The van der Waals surface area contributed by atoms with E-state index >= 15 is 0 Å². The first-order chi connectivity index (χ1) is 8.10. The fraction of sp³-hybridized carbons (Fsp3) is 0.750. The van der Waals surface area contributed by atoms with E-state index in [-0.39, 0.29) is 30.9 Å². The maximum atomic E-state index is 11.4. The van der Waals surface area contributed by atoms with Crippen molar-refractivity contribution in [2.75, 3.05) is 27.6 Å². The largest absolute Gasteiger partial charge is 0.469 e. The van der Waals surface area contributed by atoms with Gasteiger partial charge in [0.2, 0.25) is 0 Å². The van der Waals surface area contributed by atoms with E-state index < -0.39 is 0 Å². The molecule has 0 fully saturated rings. The van der Waals surface area contributed by atoms with Crippen molar-refractivity contribution < 1.29 is 23.7 Å². The molecule has 0 aromatic rings. The number of esters is 1. The summed E-state index contributed by atoms with van der Waals surface area (Å²) in [6, 6.07) is 0. The third kappa shape index (κ3) is 3.80. The summed E-state index contributed by atoms with van der Waals surface area (Å²) in [6.45, 7) is 4.41. The Balaban J connectivity index is 2.46. The van der Waals surface area contributed by atoms with Gasteiger partial charge in [0.15, 0.2) is 0 Å². The molecule has 0 saturated heterocycles. The zero-order chi connectivity index (χ0) is 12.8. The van der Waals surface area contributed by atoms with Crippen molar-refractivity contribution in [3.8, 4) is 0 Å². The van der Waals surface area contributed by atoms with Gasteiger partial charge in [-0.2, -0.15) is 0 Å². The summed E-state index contributed by atoms with van der Waals surface area (Å²) in [7, 11) is 2.95. The lowest BCUT2D eigenvalue weighted by molar-refractivity contribution is -0.150. The van der Waals surface area contributed by atoms with E-state index in [0.717, 1.165) is 5.57 Å². The molecule has 0 spiro atoms. The molecule has 5 heteroatoms. The van der Waals surface area contributed by atoms with E-state index in [1.165, 1.54) is 7.11 Å². The van der Waals surface area contributed by atoms with Gasteiger partial charge in [0.05, 0.1) is 25.7 Å². The Morgan fingerprint density at radius 2 is 2.24 bits per heavy atom. The summed E-state index contributed by atoms with van der Waals surface area (Å²) in [5, 5.41) is 0. The number of carbonyl (C=O) groups is 1. The number of hydrogen-bond acceptors (Lipinski definition) is 5. The molecular formula is C12H20O5. The van der Waals surface area contributed by atoms with Crippen LogP contribution in [0.3, 0.4) is 0 Å². The average molecular weight is 244 g/mol. The average Bonchev–Trinajstić information content (AvgIpc) is 2.69. The fourth-order valence-corrected chi connectivity index (χ4v) is 1.88. The zero-order valence-electron chi connectivity index (χ0n) is 10.8. The summed E-state index contributed by atoms with van der Waals surface area (Å²) in [5.41, 5.74) is 1.04. The van der Waals surface area contributed by atoms with Gasteiger partial charge in [0, 0.05) is 7.11 Å². The van der Waals surface area contributed by atoms with Crippen molar-refractivity contribution in [2.45, 2.75) is 26.1 Å². The van der Waals surface area contributed by atoms with Gasteiger partial charge in [-0.25, -0.2) is 0 Å². The molecule has 0 amide bonds. The maximum absolute atomic E-state index is 11.4. The highest BCUT2D eigenvalue weighted by atomic mass is 16.7. The van der Waals surface area contributed by atoms with Crippen LogP contribution in [0, 0.1) is 5.92 Å². The van der Waals surface area contributed by atoms with Crippen LogP contribution in [0.25, 0.3) is 0 Å². The fourth-order valence-electron chi connectivity index (χ4n) is 1.88. The van der Waals surface area contributed by atoms with Crippen molar-refractivity contribution in [1.29, 1.82) is 0 Å². The van der Waals surface area contributed by atoms with Crippen LogP contribution in [0.2, 0.25) is 0 Å². The van der Waals surface area contributed by atoms with Crippen molar-refractivity contribution in [3.63, 3.8) is 0 Å². The molecule has 3 atom stereocenters. The van der Waals surface area contributed by atoms with Gasteiger partial charge in [-0.1, -0.05) is 6.08 Å². The van der Waals surface area contributed by atoms with Crippen molar-refractivity contribution in [1.82, 2.24) is 0 Å². The smallest absolute Gasteiger partial charge is 0.311 e. The second-order valence-corrected chi connectivity index (χ2v) is 4.09. The molecule has 0 aromatic heterocycles. The van der Waals surface area contributed by atoms with E-state index in [2.05, 4.69) is 0 Å². The van der Waals surface area contributed by atoms with Crippen LogP contribution in [-0.4, -0.2) is 45.8 Å². The van der Waals surface area contributed by atoms with Crippen LogP contribution < -0.4 is 0 Å². The lowest BCUT2D eigenvalue weighted by atomic mass is 9.99. The molecule has 0 aromatic carbocycles. The van der Waals surface area contributed by atoms with Crippen molar-refractivity contribution in [2.24, 2.45) is 5.92 Å². The molecule has 5 nitrogen and oxygen atoms in total. The molecule has 0 aliphatic carbocycles. The van der Waals surface area contributed by atoms with Gasteiger partial charge in [-0.15, -0.1) is 0 Å². The molecule has 17 heavy (non-hydrogen) atoms. The predicted octanol–water partition coefficient (Wildman–Crippen LogP) is 1.13. The molecular weight excluding hydrogens is 224 g/mol. The van der Waals surface area contributed by atoms with Crippen LogP contribution >= 0.6 is 0 Å². The standard InChI is InChI=1S/C12H20O5/c1-8-5-10(6-16-7-14-3)17-11(8)9(2)12(13)15-4/h5,9-11H,6-7H2,1-4H3/t9-,10-,11-/m0/s1. The van der Waals surface area contributed by atoms with Crippen LogP contribution in [0.1, 0.15) is 13.8 Å². The summed E-state index contributed by atoms with van der Waals surface area (Å²) < 4.78 is 20.4. The Labute approximate surface area is 102 Å². The Hall–Kier alpha value is -0.910. The summed E-state index contributed by atoms with van der Waals surface area (Å²) in [4.78, 5) is 11.4. The normalized spacial score (nSPS) is 25.5. The predicted molar refractivity (Wildman–Crippen MR) is 61.4 cm³/mol. The molecule has 1 rings (SSSR count). The third-order valence-electron chi connectivity index (χ3n) is 2.73. The van der Waals surface area contributed by atoms with Crippen LogP contribution in [0.4, 0.5) is 0 Å². The lowest BCUT2D eigenvalue weighted by Crippen LogP contribution is -2.30. The first-order valence-corrected chi connectivity index (χ1v) is 5.58. The van der Waals surface area contributed by atoms with E-state index in [9.17, 15) is 4.79 Å². The topological polar surface area (TPSA) is 54.0 Å². The molecule has 0 N–H and O–H groups in total. The summed E-state index contributed by atoms with van der Waals surface area (Å²) in [6.07, 6.45) is 1.63. The second kappa shape index (κ2) is 6.74. The minimum atomic E-state index is -0.302. The minimum Gasteiger partial charge on any atom is -0.469 e. The number of rotatable bonds is 6. The minimum absolute atomic E-state index is 0.123. The number of carbonyl (C=O) groups excluding carboxylic acids is 1. The van der Waals surface area contributed by atoms with E-state index in [1.807, 2.05) is 13.0 Å². The molecule has 0 saturated carbocycles. The number of hydrogen-bond donors (Lipinski definition) is 0. The number of methoxy groups -OCH3 is 2. The summed E-state index contributed by atoms with van der Waals surface area (Å²) in [5.74, 6) is -0.565. The van der Waals surface area contributed by atoms with Crippen molar-refractivity contribution >= 4 is 5.97 Å². The maximum Gasteiger partial charge on any atom is 0.311 e. The van der Waals surface area contributed by atoms with Gasteiger partial charge < -0.3 is 18.9 Å². The van der Waals surface area contributed by atoms with Crippen LogP contribution in [-0.2, 0) is 23.7 Å². The highest BCUT2D eigenvalue weighted by Gasteiger charge is 2.33. The van der Waals surface area contributed by atoms with E-state index in [4.69, 9.17) is 18.9 Å². The van der Waals surface area contributed by atoms with Crippen LogP contribution in [0.15, 0.2) is 11.6 Å². The molecule has 0 radical (unpaired) electrons. The Kier molecular flexibility index (Phi) is 5.61. The lowest BCUT2D eigenvalue weighted by Gasteiger charge is -2.20. The third-order valence-corrected chi connectivity index (χ3v) is 2.73. The quantitative estimate of drug-likeness (QED) is 0.303.